The zero-order chi connectivity index (χ0) is 21.8. The van der Waals surface area contributed by atoms with E-state index < -0.39 is 0 Å². The monoisotopic (exact) mass is 434 g/mol. The van der Waals surface area contributed by atoms with Crippen molar-refractivity contribution >= 4 is 39.2 Å². The van der Waals surface area contributed by atoms with Gasteiger partial charge in [-0.15, -0.1) is 0 Å². The van der Waals surface area contributed by atoms with Gasteiger partial charge in [0.25, 0.3) is 0 Å². The molecule has 0 aliphatic heterocycles. The first-order valence-corrected chi connectivity index (χ1v) is 11.5. The van der Waals surface area contributed by atoms with Crippen LogP contribution in [-0.4, -0.2) is 47.7 Å². The first-order chi connectivity index (χ1) is 15.1. The Kier molecular flexibility index (Phi) is 6.79. The summed E-state index contributed by atoms with van der Waals surface area (Å²) in [4.78, 5) is 9.61. The average molecular weight is 435 g/mol. The molecule has 0 saturated carbocycles. The summed E-state index contributed by atoms with van der Waals surface area (Å²) in [6.45, 7) is 9.53. The van der Waals surface area contributed by atoms with Crippen molar-refractivity contribution < 1.29 is 0 Å². The third-order valence-electron chi connectivity index (χ3n) is 6.14. The van der Waals surface area contributed by atoms with E-state index >= 15 is 0 Å². The van der Waals surface area contributed by atoms with Crippen LogP contribution in [0.4, 0.5) is 5.82 Å². The lowest BCUT2D eigenvalue weighted by Gasteiger charge is -2.23. The molecule has 0 atom stereocenters. The molecule has 0 bridgehead atoms. The van der Waals surface area contributed by atoms with E-state index in [4.69, 9.17) is 16.6 Å². The summed E-state index contributed by atoms with van der Waals surface area (Å²) in [5.41, 5.74) is 3.66. The van der Waals surface area contributed by atoms with E-state index in [1.54, 1.807) is 0 Å². The van der Waals surface area contributed by atoms with Crippen LogP contribution in [0.5, 0.6) is 0 Å². The molecule has 0 N–H and O–H groups in total. The van der Waals surface area contributed by atoms with Crippen LogP contribution in [0.1, 0.15) is 25.8 Å². The Morgan fingerprint density at radius 3 is 2.39 bits per heavy atom. The van der Waals surface area contributed by atoms with Crippen LogP contribution in [0.2, 0.25) is 5.02 Å². The average Bonchev–Trinajstić information content (AvgIpc) is 3.12. The predicted octanol–water partition coefficient (Wildman–Crippen LogP) is 6.06. The van der Waals surface area contributed by atoms with E-state index in [2.05, 4.69) is 77.7 Å². The third-order valence-corrected chi connectivity index (χ3v) is 6.39. The van der Waals surface area contributed by atoms with E-state index in [9.17, 15) is 0 Å². The Bertz CT molecular complexity index is 1150. The number of aromatic nitrogens is 2. The molecule has 0 radical (unpaired) electrons. The van der Waals surface area contributed by atoms with Crippen molar-refractivity contribution in [1.29, 1.82) is 0 Å². The second-order valence-electron chi connectivity index (χ2n) is 8.06. The van der Waals surface area contributed by atoms with Gasteiger partial charge in [0.2, 0.25) is 0 Å². The summed E-state index contributed by atoms with van der Waals surface area (Å²) < 4.78 is 2.40. The van der Waals surface area contributed by atoms with Gasteiger partial charge in [-0.3, -0.25) is 0 Å². The van der Waals surface area contributed by atoms with Gasteiger partial charge in [-0.05, 0) is 55.9 Å². The van der Waals surface area contributed by atoms with E-state index in [0.29, 0.717) is 0 Å². The number of nitrogens with zero attached hydrogens (tertiary/aromatic N) is 4. The summed E-state index contributed by atoms with van der Waals surface area (Å²) in [6.07, 6.45) is 3.06. The Morgan fingerprint density at radius 1 is 0.903 bits per heavy atom. The van der Waals surface area contributed by atoms with Gasteiger partial charge in [0.1, 0.15) is 0 Å². The molecule has 0 saturated heterocycles. The Balaban J connectivity index is 1.73. The zero-order valence-corrected chi connectivity index (χ0v) is 19.4. The highest BCUT2D eigenvalue weighted by molar-refractivity contribution is 6.30. The van der Waals surface area contributed by atoms with Crippen molar-refractivity contribution in [3.8, 4) is 0 Å². The molecule has 2 aromatic carbocycles. The van der Waals surface area contributed by atoms with E-state index in [1.165, 1.54) is 27.4 Å². The van der Waals surface area contributed by atoms with Gasteiger partial charge in [0.05, 0.1) is 5.52 Å². The van der Waals surface area contributed by atoms with Crippen LogP contribution in [-0.2, 0) is 6.54 Å². The van der Waals surface area contributed by atoms with Crippen molar-refractivity contribution in [2.24, 2.45) is 0 Å². The minimum absolute atomic E-state index is 0.765. The Hall–Kier alpha value is -2.56. The van der Waals surface area contributed by atoms with E-state index in [0.717, 1.165) is 50.0 Å². The molecule has 2 heterocycles. The maximum Gasteiger partial charge on any atom is 0.152 e. The molecule has 0 aliphatic rings. The molecule has 0 amide bonds. The fourth-order valence-corrected chi connectivity index (χ4v) is 4.50. The van der Waals surface area contributed by atoms with Crippen molar-refractivity contribution in [3.63, 3.8) is 0 Å². The minimum atomic E-state index is 0.765. The fourth-order valence-electron chi connectivity index (χ4n) is 4.38. The lowest BCUT2D eigenvalue weighted by molar-refractivity contribution is 0.301. The van der Waals surface area contributed by atoms with Gasteiger partial charge in [0.15, 0.2) is 5.82 Å². The lowest BCUT2D eigenvalue weighted by Crippen LogP contribution is -2.28. The standard InChI is InChI=1S/C26H31ClN4/c1-4-30(5-2)18-8-17-29(3)26-25-23(15-16-28-26)22-9-6-7-10-24(22)31(25)19-20-11-13-21(27)14-12-20/h6-7,9-16H,4-5,8,17-19H2,1-3H3. The van der Waals surface area contributed by atoms with Crippen LogP contribution >= 0.6 is 11.6 Å². The highest BCUT2D eigenvalue weighted by Crippen LogP contribution is 2.34. The highest BCUT2D eigenvalue weighted by Gasteiger charge is 2.17. The normalized spacial score (nSPS) is 11.6. The van der Waals surface area contributed by atoms with Gasteiger partial charge in [-0.2, -0.15) is 0 Å². The molecule has 0 spiro atoms. The number of anilines is 1. The summed E-state index contributed by atoms with van der Waals surface area (Å²) in [5, 5.41) is 3.29. The number of benzene rings is 2. The first-order valence-electron chi connectivity index (χ1n) is 11.2. The number of hydrogen-bond acceptors (Lipinski definition) is 3. The molecule has 2 aromatic heterocycles. The van der Waals surface area contributed by atoms with Crippen molar-refractivity contribution in [3.05, 3.63) is 71.4 Å². The molecule has 0 aliphatic carbocycles. The van der Waals surface area contributed by atoms with Crippen molar-refractivity contribution in [2.45, 2.75) is 26.8 Å². The zero-order valence-electron chi connectivity index (χ0n) is 18.7. The summed E-state index contributed by atoms with van der Waals surface area (Å²) >= 11 is 6.12. The minimum Gasteiger partial charge on any atom is -0.358 e. The van der Waals surface area contributed by atoms with Crippen molar-refractivity contribution in [1.82, 2.24) is 14.5 Å². The molecular weight excluding hydrogens is 404 g/mol. The van der Waals surface area contributed by atoms with Crippen LogP contribution in [0.15, 0.2) is 60.8 Å². The maximum absolute atomic E-state index is 6.12. The molecule has 4 rings (SSSR count). The van der Waals surface area contributed by atoms with Crippen LogP contribution in [0, 0.1) is 0 Å². The van der Waals surface area contributed by atoms with Gasteiger partial charge < -0.3 is 14.4 Å². The van der Waals surface area contributed by atoms with Crippen LogP contribution in [0.25, 0.3) is 21.8 Å². The summed E-state index contributed by atoms with van der Waals surface area (Å²) in [6, 6.07) is 18.9. The SMILES string of the molecule is CCN(CC)CCCN(C)c1nccc2c3ccccc3n(Cc3ccc(Cl)cc3)c12. The molecule has 0 fully saturated rings. The molecule has 5 heteroatoms. The Labute approximate surface area is 190 Å². The van der Waals surface area contributed by atoms with Gasteiger partial charge in [-0.25, -0.2) is 4.98 Å². The number of pyridine rings is 1. The van der Waals surface area contributed by atoms with E-state index in [-0.39, 0.29) is 0 Å². The second kappa shape index (κ2) is 9.71. The number of fused-ring (bicyclic) bond motifs is 3. The quantitative estimate of drug-likeness (QED) is 0.320. The largest absolute Gasteiger partial charge is 0.358 e. The van der Waals surface area contributed by atoms with Gasteiger partial charge in [0, 0.05) is 47.6 Å². The first kappa shape index (κ1) is 21.7. The summed E-state index contributed by atoms with van der Waals surface area (Å²) in [5.74, 6) is 1.04. The second-order valence-corrected chi connectivity index (χ2v) is 8.50. The van der Waals surface area contributed by atoms with Crippen LogP contribution in [0.3, 0.4) is 0 Å². The van der Waals surface area contributed by atoms with Crippen LogP contribution < -0.4 is 4.90 Å². The molecule has 162 valence electrons. The van der Waals surface area contributed by atoms with Gasteiger partial charge >= 0.3 is 0 Å². The highest BCUT2D eigenvalue weighted by atomic mass is 35.5. The summed E-state index contributed by atoms with van der Waals surface area (Å²) in [7, 11) is 2.16. The fraction of sp³-hybridized carbons (Fsp3) is 0.346. The number of halogens is 1. The van der Waals surface area contributed by atoms with Crippen molar-refractivity contribution in [2.75, 3.05) is 38.1 Å². The predicted molar refractivity (Wildman–Crippen MR) is 133 cm³/mol. The number of hydrogen-bond donors (Lipinski definition) is 0. The molecular formula is C26H31ClN4. The van der Waals surface area contributed by atoms with Gasteiger partial charge in [-0.1, -0.05) is 55.8 Å². The number of para-hydroxylation sites is 1. The Morgan fingerprint density at radius 2 is 1.65 bits per heavy atom. The molecule has 4 aromatic rings. The topological polar surface area (TPSA) is 24.3 Å². The molecule has 4 nitrogen and oxygen atoms in total. The molecule has 31 heavy (non-hydrogen) atoms. The third kappa shape index (κ3) is 4.56. The smallest absolute Gasteiger partial charge is 0.152 e. The van der Waals surface area contributed by atoms with E-state index in [1.807, 2.05) is 18.3 Å². The maximum atomic E-state index is 6.12. The molecule has 0 unspecified atom stereocenters. The number of rotatable bonds is 9. The lowest BCUT2D eigenvalue weighted by atomic mass is 10.2.